The van der Waals surface area contributed by atoms with Crippen molar-refractivity contribution in [1.82, 2.24) is 20.7 Å². The molecule has 180 valence electrons. The van der Waals surface area contributed by atoms with Gasteiger partial charge in [0.25, 0.3) is 5.91 Å². The second-order valence-electron chi connectivity index (χ2n) is 9.22. The number of hydrogen-bond donors (Lipinski definition) is 3. The van der Waals surface area contributed by atoms with Crippen LogP contribution in [0.5, 0.6) is 0 Å². The van der Waals surface area contributed by atoms with Gasteiger partial charge >= 0.3 is 5.97 Å². The van der Waals surface area contributed by atoms with E-state index >= 15 is 0 Å². The average molecular weight is 465 g/mol. The Morgan fingerprint density at radius 3 is 2.35 bits per heavy atom. The molecule has 2 atom stereocenters. The Bertz CT molecular complexity index is 1050. The summed E-state index contributed by atoms with van der Waals surface area (Å²) in [6.07, 6.45) is 2.01. The lowest BCUT2D eigenvalue weighted by molar-refractivity contribution is -0.159. The maximum absolute atomic E-state index is 12.8. The highest BCUT2D eigenvalue weighted by atomic mass is 16.5. The van der Waals surface area contributed by atoms with Gasteiger partial charge in [0, 0.05) is 6.04 Å². The number of rotatable bonds is 11. The summed E-state index contributed by atoms with van der Waals surface area (Å²) in [5.74, 6) is -0.685. The number of aliphatic hydroxyl groups excluding tert-OH is 1. The van der Waals surface area contributed by atoms with Crippen molar-refractivity contribution >= 4 is 11.9 Å². The molecule has 8 nitrogen and oxygen atoms in total. The molecule has 1 aromatic heterocycles. The average Bonchev–Trinajstić information content (AvgIpc) is 3.38. The van der Waals surface area contributed by atoms with Gasteiger partial charge in [-0.25, -0.2) is 0 Å². The number of aromatic nitrogens is 3. The molecule has 3 rings (SSSR count). The summed E-state index contributed by atoms with van der Waals surface area (Å²) in [4.78, 5) is 25.5. The molecule has 0 saturated heterocycles. The van der Waals surface area contributed by atoms with Gasteiger partial charge in [-0.05, 0) is 42.4 Å². The molecular weight excluding hydrogens is 432 g/mol. The third-order valence-corrected chi connectivity index (χ3v) is 5.62. The zero-order chi connectivity index (χ0) is 24.6. The lowest BCUT2D eigenvalue weighted by Crippen LogP contribution is -2.45. The molecule has 0 fully saturated rings. The van der Waals surface area contributed by atoms with Crippen molar-refractivity contribution in [1.29, 1.82) is 0 Å². The minimum Gasteiger partial charge on any atom is -0.465 e. The van der Waals surface area contributed by atoms with Crippen LogP contribution in [0.25, 0.3) is 11.1 Å². The number of ether oxygens (including phenoxy) is 1. The van der Waals surface area contributed by atoms with E-state index in [0.717, 1.165) is 16.7 Å². The predicted molar refractivity (Wildman–Crippen MR) is 129 cm³/mol. The van der Waals surface area contributed by atoms with Crippen LogP contribution >= 0.6 is 0 Å². The summed E-state index contributed by atoms with van der Waals surface area (Å²) in [5, 5.41) is 22.8. The van der Waals surface area contributed by atoms with Gasteiger partial charge in [-0.1, -0.05) is 73.7 Å². The normalized spacial score (nSPS) is 13.8. The number of carbonyl (C=O) groups excluding carboxylic acids is 2. The minimum absolute atomic E-state index is 0.179. The van der Waals surface area contributed by atoms with E-state index in [9.17, 15) is 14.7 Å². The molecular formula is C26H32N4O4. The van der Waals surface area contributed by atoms with Crippen LogP contribution in [0, 0.1) is 11.3 Å². The van der Waals surface area contributed by atoms with E-state index in [1.807, 2.05) is 68.4 Å². The zero-order valence-electron chi connectivity index (χ0n) is 19.8. The molecule has 0 saturated carbocycles. The van der Waals surface area contributed by atoms with Gasteiger partial charge in [-0.3, -0.25) is 14.7 Å². The molecule has 34 heavy (non-hydrogen) atoms. The van der Waals surface area contributed by atoms with Crippen molar-refractivity contribution in [2.45, 2.75) is 39.7 Å². The van der Waals surface area contributed by atoms with E-state index in [4.69, 9.17) is 4.74 Å². The first-order chi connectivity index (χ1) is 16.3. The summed E-state index contributed by atoms with van der Waals surface area (Å²) >= 11 is 0. The van der Waals surface area contributed by atoms with Crippen molar-refractivity contribution in [2.75, 3.05) is 13.2 Å². The van der Waals surface area contributed by atoms with Crippen LogP contribution in [-0.4, -0.2) is 51.6 Å². The SMILES string of the molecule is CC(C)COC(=O)C(C)(CO)C[C@@H](Cc1ccc(-c2ccccc2)cc1)NC(=O)c1cnn[nH]1. The number of carbonyl (C=O) groups is 2. The highest BCUT2D eigenvalue weighted by Crippen LogP contribution is 2.27. The molecule has 0 radical (unpaired) electrons. The lowest BCUT2D eigenvalue weighted by atomic mass is 9.82. The molecule has 0 aliphatic heterocycles. The third-order valence-electron chi connectivity index (χ3n) is 5.62. The quantitative estimate of drug-likeness (QED) is 0.375. The predicted octanol–water partition coefficient (Wildman–Crippen LogP) is 3.40. The molecule has 0 spiro atoms. The van der Waals surface area contributed by atoms with Gasteiger partial charge in [0.05, 0.1) is 24.8 Å². The Morgan fingerprint density at radius 2 is 1.76 bits per heavy atom. The van der Waals surface area contributed by atoms with E-state index in [1.165, 1.54) is 6.20 Å². The summed E-state index contributed by atoms with van der Waals surface area (Å²) in [5.41, 5.74) is 2.25. The van der Waals surface area contributed by atoms with Crippen LogP contribution < -0.4 is 5.32 Å². The smallest absolute Gasteiger partial charge is 0.314 e. The van der Waals surface area contributed by atoms with Gasteiger partial charge in [-0.2, -0.15) is 0 Å². The van der Waals surface area contributed by atoms with Crippen molar-refractivity contribution in [3.63, 3.8) is 0 Å². The Labute approximate surface area is 199 Å². The monoisotopic (exact) mass is 464 g/mol. The number of aromatic amines is 1. The number of H-pyrrole nitrogens is 1. The first kappa shape index (κ1) is 25.1. The Hall–Kier alpha value is -3.52. The van der Waals surface area contributed by atoms with E-state index in [2.05, 4.69) is 20.7 Å². The van der Waals surface area contributed by atoms with Crippen molar-refractivity contribution in [3.8, 4) is 11.1 Å². The van der Waals surface area contributed by atoms with Gasteiger partial charge in [0.15, 0.2) is 0 Å². The number of nitrogens with one attached hydrogen (secondary N) is 2. The summed E-state index contributed by atoms with van der Waals surface area (Å²) in [7, 11) is 0. The molecule has 1 heterocycles. The fourth-order valence-corrected chi connectivity index (χ4v) is 3.67. The third kappa shape index (κ3) is 6.74. The number of benzene rings is 2. The molecule has 1 unspecified atom stereocenters. The van der Waals surface area contributed by atoms with E-state index in [-0.39, 0.29) is 30.5 Å². The number of hydrogen-bond acceptors (Lipinski definition) is 6. The summed E-state index contributed by atoms with van der Waals surface area (Å²) < 4.78 is 5.41. The maximum Gasteiger partial charge on any atom is 0.314 e. The molecule has 1 amide bonds. The van der Waals surface area contributed by atoms with Gasteiger partial charge in [0.1, 0.15) is 5.69 Å². The van der Waals surface area contributed by atoms with Gasteiger partial charge < -0.3 is 15.2 Å². The summed E-state index contributed by atoms with van der Waals surface area (Å²) in [6, 6.07) is 17.7. The fraction of sp³-hybridized carbons (Fsp3) is 0.385. The van der Waals surface area contributed by atoms with Gasteiger partial charge in [0.2, 0.25) is 0 Å². The first-order valence-corrected chi connectivity index (χ1v) is 11.4. The molecule has 3 aromatic rings. The molecule has 2 aromatic carbocycles. The Morgan fingerprint density at radius 1 is 1.09 bits per heavy atom. The molecule has 0 aliphatic carbocycles. The first-order valence-electron chi connectivity index (χ1n) is 11.4. The Balaban J connectivity index is 1.78. The van der Waals surface area contributed by atoms with E-state index in [0.29, 0.717) is 6.42 Å². The largest absolute Gasteiger partial charge is 0.465 e. The maximum atomic E-state index is 12.8. The van der Waals surface area contributed by atoms with Crippen molar-refractivity contribution in [2.24, 2.45) is 11.3 Å². The number of aliphatic hydroxyl groups is 1. The molecule has 3 N–H and O–H groups in total. The van der Waals surface area contributed by atoms with Crippen LogP contribution in [0.4, 0.5) is 0 Å². The highest BCUT2D eigenvalue weighted by Gasteiger charge is 2.37. The summed E-state index contributed by atoms with van der Waals surface area (Å²) in [6.45, 7) is 5.43. The number of esters is 1. The van der Waals surface area contributed by atoms with Crippen LogP contribution in [0.1, 0.15) is 43.2 Å². The van der Waals surface area contributed by atoms with Crippen molar-refractivity contribution in [3.05, 3.63) is 72.1 Å². The molecule has 0 aliphatic rings. The lowest BCUT2D eigenvalue weighted by Gasteiger charge is -2.30. The molecule has 0 bridgehead atoms. The second kappa shape index (κ2) is 11.6. The van der Waals surface area contributed by atoms with Crippen LogP contribution in [0.3, 0.4) is 0 Å². The Kier molecular flexibility index (Phi) is 8.54. The van der Waals surface area contributed by atoms with Crippen molar-refractivity contribution < 1.29 is 19.4 Å². The van der Waals surface area contributed by atoms with E-state index < -0.39 is 24.0 Å². The minimum atomic E-state index is -1.16. The van der Waals surface area contributed by atoms with Gasteiger partial charge in [-0.15, -0.1) is 5.10 Å². The fourth-order valence-electron chi connectivity index (χ4n) is 3.67. The van der Waals surface area contributed by atoms with Crippen LogP contribution in [0.15, 0.2) is 60.8 Å². The standard InChI is InChI=1S/C26H32N4O4/c1-18(2)16-34-25(33)26(3,17-31)14-22(28-24(32)23-15-27-30-29-23)13-19-9-11-21(12-10-19)20-7-5-4-6-8-20/h4-12,15,18,22,31H,13-14,16-17H2,1-3H3,(H,28,32)(H,27,29,30)/t22-,26?/m1/s1. The van der Waals surface area contributed by atoms with Crippen LogP contribution in [0.2, 0.25) is 0 Å². The second-order valence-corrected chi connectivity index (χ2v) is 9.22. The topological polar surface area (TPSA) is 117 Å². The number of amides is 1. The van der Waals surface area contributed by atoms with Crippen LogP contribution in [-0.2, 0) is 16.0 Å². The zero-order valence-corrected chi connectivity index (χ0v) is 19.8. The highest BCUT2D eigenvalue weighted by molar-refractivity contribution is 5.92. The molecule has 8 heteroatoms. The van der Waals surface area contributed by atoms with E-state index in [1.54, 1.807) is 6.92 Å². The number of nitrogens with zero attached hydrogens (tertiary/aromatic N) is 2.